The Morgan fingerprint density at radius 1 is 1.00 bits per heavy atom. The van der Waals surface area contributed by atoms with E-state index in [1.54, 1.807) is 0 Å². The highest BCUT2D eigenvalue weighted by atomic mass is 16.5. The van der Waals surface area contributed by atoms with Crippen LogP contribution in [-0.4, -0.2) is 48.9 Å². The lowest BCUT2D eigenvalue weighted by atomic mass is 10.1. The van der Waals surface area contributed by atoms with Gasteiger partial charge in [0.25, 0.3) is 5.56 Å². The number of pyridine rings is 1. The van der Waals surface area contributed by atoms with Crippen LogP contribution < -0.4 is 10.9 Å². The summed E-state index contributed by atoms with van der Waals surface area (Å²) in [5.41, 5.74) is 5.50. The van der Waals surface area contributed by atoms with Gasteiger partial charge in [-0.15, -0.1) is 0 Å². The molecule has 0 bridgehead atoms. The van der Waals surface area contributed by atoms with Crippen LogP contribution in [0.1, 0.15) is 22.3 Å². The molecular weight excluding hydrogens is 374 g/mol. The minimum atomic E-state index is 0.0912. The number of ether oxygens (including phenoxy) is 1. The maximum absolute atomic E-state index is 13.4. The monoisotopic (exact) mass is 405 g/mol. The molecule has 1 saturated heterocycles. The molecule has 3 aromatic rings. The van der Waals surface area contributed by atoms with E-state index in [1.807, 2.05) is 16.7 Å². The summed E-state index contributed by atoms with van der Waals surface area (Å²) in [4.78, 5) is 15.8. The quantitative estimate of drug-likeness (QED) is 0.614. The lowest BCUT2D eigenvalue weighted by Gasteiger charge is -2.26. The molecule has 0 atom stereocenters. The molecule has 158 valence electrons. The number of hydrogen-bond donors (Lipinski definition) is 1. The fourth-order valence-corrected chi connectivity index (χ4v) is 4.09. The summed E-state index contributed by atoms with van der Waals surface area (Å²) >= 11 is 0. The third kappa shape index (κ3) is 4.81. The summed E-state index contributed by atoms with van der Waals surface area (Å²) < 4.78 is 7.33. The Morgan fingerprint density at radius 3 is 2.60 bits per heavy atom. The molecule has 0 spiro atoms. The van der Waals surface area contributed by atoms with E-state index in [1.165, 1.54) is 16.7 Å². The Labute approximate surface area is 178 Å². The van der Waals surface area contributed by atoms with Gasteiger partial charge in [0.1, 0.15) is 0 Å². The normalized spacial score (nSPS) is 15.0. The van der Waals surface area contributed by atoms with Gasteiger partial charge >= 0.3 is 0 Å². The van der Waals surface area contributed by atoms with Crippen LogP contribution in [0.5, 0.6) is 0 Å². The van der Waals surface area contributed by atoms with Gasteiger partial charge in [-0.25, -0.2) is 0 Å². The van der Waals surface area contributed by atoms with E-state index in [0.29, 0.717) is 13.1 Å². The number of morpholine rings is 1. The van der Waals surface area contributed by atoms with Gasteiger partial charge in [-0.05, 0) is 48.6 Å². The van der Waals surface area contributed by atoms with Crippen molar-refractivity contribution in [3.8, 4) is 0 Å². The lowest BCUT2D eigenvalue weighted by molar-refractivity contribution is 0.0384. The Morgan fingerprint density at radius 2 is 1.80 bits per heavy atom. The summed E-state index contributed by atoms with van der Waals surface area (Å²) in [5, 5.41) is 4.59. The van der Waals surface area contributed by atoms with Gasteiger partial charge in [0.15, 0.2) is 0 Å². The molecule has 1 fully saturated rings. The molecule has 1 aliphatic rings. The first-order valence-corrected chi connectivity index (χ1v) is 10.8. The molecule has 0 amide bonds. The molecule has 0 unspecified atom stereocenters. The van der Waals surface area contributed by atoms with E-state index in [9.17, 15) is 4.79 Å². The van der Waals surface area contributed by atoms with Crippen LogP contribution in [0.4, 0.5) is 0 Å². The third-order valence-corrected chi connectivity index (χ3v) is 5.94. The molecule has 4 rings (SSSR count). The van der Waals surface area contributed by atoms with E-state index in [4.69, 9.17) is 4.74 Å². The number of fused-ring (bicyclic) bond motifs is 1. The molecule has 0 aliphatic carbocycles. The number of benzene rings is 2. The van der Waals surface area contributed by atoms with Crippen LogP contribution in [0, 0.1) is 13.8 Å². The molecule has 5 heteroatoms. The van der Waals surface area contributed by atoms with E-state index in [0.717, 1.165) is 55.9 Å². The van der Waals surface area contributed by atoms with E-state index in [2.05, 4.69) is 60.5 Å². The van der Waals surface area contributed by atoms with Crippen molar-refractivity contribution in [2.24, 2.45) is 0 Å². The standard InChI is InChI=1S/C25H31N3O2/c1-19-7-8-24-22(15-19)16-23(17-26-9-10-27-11-13-30-14-12-27)25(29)28(24)18-21-6-4-3-5-20(21)2/h3-8,15-16,26H,9-14,17-18H2,1-2H3. The molecule has 5 nitrogen and oxygen atoms in total. The molecule has 1 N–H and O–H groups in total. The van der Waals surface area contributed by atoms with E-state index < -0.39 is 0 Å². The van der Waals surface area contributed by atoms with Gasteiger partial charge in [0, 0.05) is 38.3 Å². The average molecular weight is 406 g/mol. The smallest absolute Gasteiger partial charge is 0.255 e. The Hall–Kier alpha value is -2.47. The van der Waals surface area contributed by atoms with Crippen LogP contribution in [0.15, 0.2) is 53.3 Å². The summed E-state index contributed by atoms with van der Waals surface area (Å²) in [7, 11) is 0. The zero-order chi connectivity index (χ0) is 20.9. The van der Waals surface area contributed by atoms with Gasteiger partial charge in [0.2, 0.25) is 0 Å². The topological polar surface area (TPSA) is 46.5 Å². The average Bonchev–Trinajstić information content (AvgIpc) is 2.76. The molecule has 1 aromatic heterocycles. The fraction of sp³-hybridized carbons (Fsp3) is 0.400. The van der Waals surface area contributed by atoms with Crippen LogP contribution in [-0.2, 0) is 17.8 Å². The zero-order valence-corrected chi connectivity index (χ0v) is 18.0. The minimum Gasteiger partial charge on any atom is -0.379 e. The maximum atomic E-state index is 13.4. The van der Waals surface area contributed by atoms with E-state index >= 15 is 0 Å². The number of aryl methyl sites for hydroxylation is 2. The number of aromatic nitrogens is 1. The second kappa shape index (κ2) is 9.56. The van der Waals surface area contributed by atoms with Crippen molar-refractivity contribution in [2.75, 3.05) is 39.4 Å². The van der Waals surface area contributed by atoms with Gasteiger partial charge in [0.05, 0.1) is 25.3 Å². The minimum absolute atomic E-state index is 0.0912. The summed E-state index contributed by atoms with van der Waals surface area (Å²) in [6.45, 7) is 10.8. The fourth-order valence-electron chi connectivity index (χ4n) is 4.09. The molecular formula is C25H31N3O2. The lowest BCUT2D eigenvalue weighted by Crippen LogP contribution is -2.40. The number of rotatable bonds is 7. The first-order valence-electron chi connectivity index (χ1n) is 10.8. The summed E-state index contributed by atoms with van der Waals surface area (Å²) in [6.07, 6.45) is 0. The first-order chi connectivity index (χ1) is 14.6. The Kier molecular flexibility index (Phi) is 6.62. The van der Waals surface area contributed by atoms with Gasteiger partial charge < -0.3 is 14.6 Å². The van der Waals surface area contributed by atoms with Crippen LogP contribution in [0.3, 0.4) is 0 Å². The van der Waals surface area contributed by atoms with E-state index in [-0.39, 0.29) is 5.56 Å². The highest BCUT2D eigenvalue weighted by Crippen LogP contribution is 2.18. The second-order valence-electron chi connectivity index (χ2n) is 8.18. The van der Waals surface area contributed by atoms with Crippen LogP contribution >= 0.6 is 0 Å². The molecule has 2 aromatic carbocycles. The molecule has 2 heterocycles. The number of nitrogens with zero attached hydrogens (tertiary/aromatic N) is 2. The van der Waals surface area contributed by atoms with Crippen molar-refractivity contribution >= 4 is 10.9 Å². The highest BCUT2D eigenvalue weighted by Gasteiger charge is 2.12. The van der Waals surface area contributed by atoms with Crippen molar-refractivity contribution in [1.29, 1.82) is 0 Å². The van der Waals surface area contributed by atoms with Crippen molar-refractivity contribution in [1.82, 2.24) is 14.8 Å². The number of nitrogens with one attached hydrogen (secondary N) is 1. The van der Waals surface area contributed by atoms with Crippen molar-refractivity contribution in [3.63, 3.8) is 0 Å². The van der Waals surface area contributed by atoms with Crippen LogP contribution in [0.2, 0.25) is 0 Å². The molecule has 1 aliphatic heterocycles. The summed E-state index contributed by atoms with van der Waals surface area (Å²) in [5.74, 6) is 0. The maximum Gasteiger partial charge on any atom is 0.255 e. The molecule has 0 saturated carbocycles. The van der Waals surface area contributed by atoms with Crippen molar-refractivity contribution in [2.45, 2.75) is 26.9 Å². The van der Waals surface area contributed by atoms with Gasteiger partial charge in [-0.1, -0.05) is 35.9 Å². The predicted octanol–water partition coefficient (Wildman–Crippen LogP) is 3.09. The largest absolute Gasteiger partial charge is 0.379 e. The van der Waals surface area contributed by atoms with Crippen LogP contribution in [0.25, 0.3) is 10.9 Å². The molecule has 30 heavy (non-hydrogen) atoms. The van der Waals surface area contributed by atoms with Gasteiger partial charge in [-0.3, -0.25) is 9.69 Å². The highest BCUT2D eigenvalue weighted by molar-refractivity contribution is 5.80. The first kappa shape index (κ1) is 20.8. The van der Waals surface area contributed by atoms with Crippen molar-refractivity contribution < 1.29 is 4.74 Å². The number of hydrogen-bond acceptors (Lipinski definition) is 4. The Bertz CT molecular complexity index is 1070. The van der Waals surface area contributed by atoms with Crippen molar-refractivity contribution in [3.05, 3.63) is 81.1 Å². The van der Waals surface area contributed by atoms with Gasteiger partial charge in [-0.2, -0.15) is 0 Å². The Balaban J connectivity index is 1.57. The molecule has 0 radical (unpaired) electrons. The third-order valence-electron chi connectivity index (χ3n) is 5.94. The SMILES string of the molecule is Cc1ccc2c(c1)cc(CNCCN1CCOCC1)c(=O)n2Cc1ccccc1C. The predicted molar refractivity (Wildman–Crippen MR) is 122 cm³/mol. The second-order valence-corrected chi connectivity index (χ2v) is 8.18. The summed E-state index contributed by atoms with van der Waals surface area (Å²) in [6, 6.07) is 16.7. The zero-order valence-electron chi connectivity index (χ0n) is 18.0.